The molecule has 4 aromatic carbocycles. The Kier molecular flexibility index (Phi) is 17.5. The third kappa shape index (κ3) is 12.7. The van der Waals surface area contributed by atoms with Crippen molar-refractivity contribution in [2.45, 2.75) is 154 Å². The van der Waals surface area contributed by atoms with Crippen molar-refractivity contribution in [1.82, 2.24) is 0 Å². The summed E-state index contributed by atoms with van der Waals surface area (Å²) in [4.78, 5) is 0. The van der Waals surface area contributed by atoms with Crippen molar-refractivity contribution in [3.63, 3.8) is 0 Å². The van der Waals surface area contributed by atoms with E-state index in [-0.39, 0.29) is 0 Å². The third-order valence-corrected chi connectivity index (χ3v) is 10.9. The maximum atomic E-state index is 6.07. The topological polar surface area (TPSA) is 52.0 Å². The summed E-state index contributed by atoms with van der Waals surface area (Å²) in [6.45, 7) is 6.88. The minimum atomic E-state index is 0.407. The van der Waals surface area contributed by atoms with Crippen LogP contribution in [0, 0.1) is 0 Å². The molecule has 0 aliphatic carbocycles. The van der Waals surface area contributed by atoms with Crippen molar-refractivity contribution in [1.29, 1.82) is 0 Å². The summed E-state index contributed by atoms with van der Waals surface area (Å²) in [7, 11) is 0. The molecule has 270 valence electrons. The number of hydrogen-bond acceptors (Lipinski definition) is 2. The van der Waals surface area contributed by atoms with Crippen LogP contribution in [-0.4, -0.2) is 0 Å². The summed E-state index contributed by atoms with van der Waals surface area (Å²) in [5.41, 5.74) is 22.3. The van der Waals surface area contributed by atoms with Crippen LogP contribution >= 0.6 is 0 Å². The molecule has 4 rings (SSSR count). The van der Waals surface area contributed by atoms with Gasteiger partial charge in [-0.15, -0.1) is 0 Å². The van der Waals surface area contributed by atoms with Gasteiger partial charge in [0.05, 0.1) is 0 Å². The Bertz CT molecular complexity index is 1330. The van der Waals surface area contributed by atoms with E-state index in [0.717, 1.165) is 11.4 Å². The zero-order chi connectivity index (χ0) is 35.4. The van der Waals surface area contributed by atoms with Gasteiger partial charge in [-0.2, -0.15) is 0 Å². The van der Waals surface area contributed by atoms with E-state index in [1.54, 1.807) is 0 Å². The molecule has 2 unspecified atom stereocenters. The first-order valence-corrected chi connectivity index (χ1v) is 20.4. The SMILES string of the molecule is CCCCCCCCCCCC(c1ccc(C(CCCCC)c2ccc(N)cc2)cc1)c1ccc(C(CCCCC)c2ccc(N)cc2)cc1. The van der Waals surface area contributed by atoms with Crippen LogP contribution in [0.3, 0.4) is 0 Å². The number of nitrogen functional groups attached to an aromatic ring is 2. The second kappa shape index (κ2) is 22.3. The fraction of sp³-hybridized carbons (Fsp3) is 0.500. The summed E-state index contributed by atoms with van der Waals surface area (Å²) < 4.78 is 0. The minimum absolute atomic E-state index is 0.407. The standard InChI is InChI=1S/C48H68N2/c1-4-7-10-11-12-13-14-15-18-21-48(40-26-22-38(23-27-40)46(19-16-8-5-2)42-30-34-44(49)35-31-42)41-28-24-39(25-29-41)47(20-17-9-6-3)43-32-36-45(50)37-33-43/h22-37,46-48H,4-21,49-50H2,1-3H3. The molecule has 0 bridgehead atoms. The Labute approximate surface area is 306 Å². The first kappa shape index (κ1) is 39.3. The molecule has 0 aliphatic heterocycles. The number of rotatable bonds is 24. The van der Waals surface area contributed by atoms with Crippen LogP contribution in [0.5, 0.6) is 0 Å². The van der Waals surface area contributed by atoms with Crippen LogP contribution < -0.4 is 11.5 Å². The van der Waals surface area contributed by atoms with Crippen LogP contribution in [0.25, 0.3) is 0 Å². The van der Waals surface area contributed by atoms with E-state index in [2.05, 4.69) is 118 Å². The average molecular weight is 673 g/mol. The van der Waals surface area contributed by atoms with Gasteiger partial charge in [-0.3, -0.25) is 0 Å². The van der Waals surface area contributed by atoms with Crippen LogP contribution in [-0.2, 0) is 0 Å². The molecule has 4 N–H and O–H groups in total. The smallest absolute Gasteiger partial charge is 0.0314 e. The summed E-state index contributed by atoms with van der Waals surface area (Å²) in [6.07, 6.45) is 23.3. The van der Waals surface area contributed by atoms with Gasteiger partial charge in [0, 0.05) is 29.1 Å². The number of benzene rings is 4. The lowest BCUT2D eigenvalue weighted by atomic mass is 9.82. The molecular formula is C48H68N2. The van der Waals surface area contributed by atoms with E-state index in [4.69, 9.17) is 11.5 Å². The Hall–Kier alpha value is -3.52. The van der Waals surface area contributed by atoms with E-state index in [9.17, 15) is 0 Å². The van der Waals surface area contributed by atoms with E-state index < -0.39 is 0 Å². The summed E-state index contributed by atoms with van der Waals surface area (Å²) >= 11 is 0. The van der Waals surface area contributed by atoms with Crippen molar-refractivity contribution < 1.29 is 0 Å². The van der Waals surface area contributed by atoms with Gasteiger partial charge in [0.2, 0.25) is 0 Å². The van der Waals surface area contributed by atoms with Gasteiger partial charge in [-0.25, -0.2) is 0 Å². The molecule has 0 amide bonds. The molecule has 50 heavy (non-hydrogen) atoms. The third-order valence-electron chi connectivity index (χ3n) is 10.9. The van der Waals surface area contributed by atoms with E-state index in [0.29, 0.717) is 17.8 Å². The molecule has 2 atom stereocenters. The molecule has 2 heteroatoms. The lowest BCUT2D eigenvalue weighted by Gasteiger charge is -2.23. The number of unbranched alkanes of at least 4 members (excludes halogenated alkanes) is 12. The highest BCUT2D eigenvalue weighted by Gasteiger charge is 2.19. The van der Waals surface area contributed by atoms with E-state index in [1.807, 2.05) is 0 Å². The molecule has 0 saturated carbocycles. The molecule has 0 fully saturated rings. The van der Waals surface area contributed by atoms with Crippen molar-refractivity contribution in [3.8, 4) is 0 Å². The normalized spacial score (nSPS) is 13.3. The lowest BCUT2D eigenvalue weighted by Crippen LogP contribution is -2.06. The fourth-order valence-corrected chi connectivity index (χ4v) is 7.81. The molecule has 0 spiro atoms. The molecule has 4 aromatic rings. The van der Waals surface area contributed by atoms with Crippen LogP contribution in [0.4, 0.5) is 11.4 Å². The molecular weight excluding hydrogens is 605 g/mol. The first-order chi connectivity index (χ1) is 24.5. The van der Waals surface area contributed by atoms with Gasteiger partial charge >= 0.3 is 0 Å². The van der Waals surface area contributed by atoms with Crippen LogP contribution in [0.15, 0.2) is 97.1 Å². The van der Waals surface area contributed by atoms with Crippen molar-refractivity contribution >= 4 is 11.4 Å². The van der Waals surface area contributed by atoms with E-state index >= 15 is 0 Å². The zero-order valence-electron chi connectivity index (χ0n) is 31.9. The number of anilines is 2. The second-order valence-electron chi connectivity index (χ2n) is 14.9. The van der Waals surface area contributed by atoms with Crippen LogP contribution in [0.2, 0.25) is 0 Å². The van der Waals surface area contributed by atoms with E-state index in [1.165, 1.54) is 149 Å². The van der Waals surface area contributed by atoms with Crippen molar-refractivity contribution in [3.05, 3.63) is 130 Å². The summed E-state index contributed by atoms with van der Waals surface area (Å²) in [5.74, 6) is 1.22. The second-order valence-corrected chi connectivity index (χ2v) is 14.9. The molecule has 0 aliphatic rings. The predicted octanol–water partition coefficient (Wildman–Crippen LogP) is 14.3. The van der Waals surface area contributed by atoms with Gasteiger partial charge in [0.1, 0.15) is 0 Å². The molecule has 0 saturated heterocycles. The minimum Gasteiger partial charge on any atom is -0.399 e. The maximum absolute atomic E-state index is 6.07. The highest BCUT2D eigenvalue weighted by atomic mass is 14.5. The van der Waals surface area contributed by atoms with Gasteiger partial charge < -0.3 is 11.5 Å². The highest BCUT2D eigenvalue weighted by molar-refractivity contribution is 5.45. The molecule has 0 heterocycles. The lowest BCUT2D eigenvalue weighted by molar-refractivity contribution is 0.545. The molecule has 0 aromatic heterocycles. The van der Waals surface area contributed by atoms with Gasteiger partial charge in [0.25, 0.3) is 0 Å². The predicted molar refractivity (Wildman–Crippen MR) is 220 cm³/mol. The average Bonchev–Trinajstić information content (AvgIpc) is 3.14. The maximum Gasteiger partial charge on any atom is 0.0314 e. The van der Waals surface area contributed by atoms with Crippen molar-refractivity contribution in [2.75, 3.05) is 11.5 Å². The molecule has 2 nitrogen and oxygen atoms in total. The number of hydrogen-bond donors (Lipinski definition) is 2. The fourth-order valence-electron chi connectivity index (χ4n) is 7.81. The zero-order valence-corrected chi connectivity index (χ0v) is 31.9. The number of nitrogens with two attached hydrogens (primary N) is 2. The Morgan fingerprint density at radius 1 is 0.300 bits per heavy atom. The molecule has 0 radical (unpaired) electrons. The summed E-state index contributed by atoms with van der Waals surface area (Å²) in [5, 5.41) is 0. The Morgan fingerprint density at radius 2 is 0.500 bits per heavy atom. The van der Waals surface area contributed by atoms with Crippen molar-refractivity contribution in [2.24, 2.45) is 0 Å². The quantitative estimate of drug-likeness (QED) is 0.0575. The Balaban J connectivity index is 1.55. The first-order valence-electron chi connectivity index (χ1n) is 20.4. The van der Waals surface area contributed by atoms with Gasteiger partial charge in [0.15, 0.2) is 0 Å². The van der Waals surface area contributed by atoms with Gasteiger partial charge in [-0.05, 0) is 76.9 Å². The highest BCUT2D eigenvalue weighted by Crippen LogP contribution is 2.37. The monoisotopic (exact) mass is 673 g/mol. The Morgan fingerprint density at radius 3 is 0.780 bits per heavy atom. The van der Waals surface area contributed by atoms with Crippen LogP contribution in [0.1, 0.15) is 187 Å². The van der Waals surface area contributed by atoms with Gasteiger partial charge in [-0.1, -0.05) is 190 Å². The largest absolute Gasteiger partial charge is 0.399 e. The summed E-state index contributed by atoms with van der Waals surface area (Å²) in [6, 6.07) is 36.6.